The fourth-order valence-electron chi connectivity index (χ4n) is 5.34. The lowest BCUT2D eigenvalue weighted by Gasteiger charge is -2.39. The molecule has 0 bridgehead atoms. The van der Waals surface area contributed by atoms with Gasteiger partial charge in [-0.25, -0.2) is 13.1 Å². The molecule has 0 aromatic heterocycles. The van der Waals surface area contributed by atoms with Crippen LogP contribution < -0.4 is 4.72 Å². The molecule has 0 aliphatic carbocycles. The third-order valence-electron chi connectivity index (χ3n) is 8.17. The Morgan fingerprint density at radius 3 is 2.07 bits per heavy atom. The van der Waals surface area contributed by atoms with Gasteiger partial charge in [0.25, 0.3) is 0 Å². The number of rotatable bonds is 12. The number of ether oxygens (including phenoxy) is 2. The Hall–Kier alpha value is -3.41. The molecule has 3 N–H and O–H groups in total. The van der Waals surface area contributed by atoms with Crippen LogP contribution in [0.1, 0.15) is 59.7 Å². The van der Waals surface area contributed by atoms with E-state index in [2.05, 4.69) is 9.62 Å². The Balaban J connectivity index is 1.30. The predicted molar refractivity (Wildman–Crippen MR) is 169 cm³/mol. The summed E-state index contributed by atoms with van der Waals surface area (Å²) >= 11 is 0. The number of sulfonamides is 1. The fourth-order valence-corrected chi connectivity index (χ4v) is 6.38. The van der Waals surface area contributed by atoms with Gasteiger partial charge in [0.05, 0.1) is 29.8 Å². The van der Waals surface area contributed by atoms with Crippen molar-refractivity contribution in [2.24, 2.45) is 0 Å². The molecule has 0 radical (unpaired) electrons. The molecule has 4 aromatic carbocycles. The molecular weight excluding hydrogens is 576 g/mol. The SMILES string of the molecule is C[C@@H]([C@H](O)c1ccccc1)N(C)C[C@@H]1C[C@H](c2ccc(CO)cc2)O[C@H](c2ccc(CNS(=O)(=O)c3ccccc3)cc2)O1. The van der Waals surface area contributed by atoms with E-state index in [0.717, 1.165) is 27.8 Å². The van der Waals surface area contributed by atoms with Crippen molar-refractivity contribution in [3.63, 3.8) is 0 Å². The lowest BCUT2D eigenvalue weighted by molar-refractivity contribution is -0.253. The van der Waals surface area contributed by atoms with E-state index in [1.165, 1.54) is 0 Å². The maximum absolute atomic E-state index is 12.6. The summed E-state index contributed by atoms with van der Waals surface area (Å²) in [5, 5.41) is 20.5. The van der Waals surface area contributed by atoms with Gasteiger partial charge in [-0.15, -0.1) is 0 Å². The molecule has 4 aromatic rings. The fraction of sp³-hybridized carbons (Fsp3) is 0.314. The second-order valence-electron chi connectivity index (χ2n) is 11.3. The molecule has 8 nitrogen and oxygen atoms in total. The minimum atomic E-state index is -3.62. The van der Waals surface area contributed by atoms with Crippen LogP contribution in [0.15, 0.2) is 114 Å². The summed E-state index contributed by atoms with van der Waals surface area (Å²) in [6.07, 6.45) is -1.11. The normalized spacial score (nSPS) is 20.3. The minimum absolute atomic E-state index is 0.0273. The summed E-state index contributed by atoms with van der Waals surface area (Å²) in [7, 11) is -1.63. The molecule has 0 saturated carbocycles. The summed E-state index contributed by atoms with van der Waals surface area (Å²) in [6, 6.07) is 33.1. The summed E-state index contributed by atoms with van der Waals surface area (Å²) in [5.74, 6) is 0. The summed E-state index contributed by atoms with van der Waals surface area (Å²) in [4.78, 5) is 2.33. The highest BCUT2D eigenvalue weighted by molar-refractivity contribution is 7.89. The largest absolute Gasteiger partial charge is 0.392 e. The number of aliphatic hydroxyl groups is 2. The Labute approximate surface area is 259 Å². The van der Waals surface area contributed by atoms with E-state index in [0.29, 0.717) is 13.0 Å². The number of hydrogen-bond donors (Lipinski definition) is 3. The molecule has 5 rings (SSSR count). The van der Waals surface area contributed by atoms with E-state index in [4.69, 9.17) is 9.47 Å². The van der Waals surface area contributed by atoms with E-state index in [9.17, 15) is 18.6 Å². The number of benzene rings is 4. The van der Waals surface area contributed by atoms with Gasteiger partial charge < -0.3 is 19.7 Å². The topological polar surface area (TPSA) is 108 Å². The standard InChI is InChI=1S/C35H40N2O6S/c1-25(34(39)29-9-5-3-6-10-29)37(2)23-31-21-33(28-17-15-27(24-38)16-18-28)43-35(42-31)30-19-13-26(14-20-30)22-36-44(40,41)32-11-7-4-8-12-32/h3-20,25,31,33-36,38-39H,21-24H2,1-2H3/t25-,31-,33+,34-,35+/m0/s1. The van der Waals surface area contributed by atoms with Gasteiger partial charge in [0, 0.05) is 31.1 Å². The van der Waals surface area contributed by atoms with Crippen LogP contribution >= 0.6 is 0 Å². The molecule has 1 aliphatic heterocycles. The first-order valence-electron chi connectivity index (χ1n) is 14.8. The number of nitrogens with zero attached hydrogens (tertiary/aromatic N) is 1. The van der Waals surface area contributed by atoms with Gasteiger partial charge >= 0.3 is 0 Å². The Kier molecular flexibility index (Phi) is 10.6. The molecule has 0 spiro atoms. The zero-order valence-electron chi connectivity index (χ0n) is 25.0. The first kappa shape index (κ1) is 32.0. The lowest BCUT2D eigenvalue weighted by atomic mass is 9.98. The van der Waals surface area contributed by atoms with E-state index < -0.39 is 22.4 Å². The van der Waals surface area contributed by atoms with Gasteiger partial charge in [-0.1, -0.05) is 97.1 Å². The smallest absolute Gasteiger partial charge is 0.240 e. The van der Waals surface area contributed by atoms with Crippen molar-refractivity contribution in [2.45, 2.75) is 62.0 Å². The summed E-state index contributed by atoms with van der Waals surface area (Å²) in [5.41, 5.74) is 4.32. The average Bonchev–Trinajstić information content (AvgIpc) is 3.07. The monoisotopic (exact) mass is 616 g/mol. The Bertz CT molecular complexity index is 1570. The molecule has 1 saturated heterocycles. The number of likely N-dealkylation sites (N-methyl/N-ethyl adjacent to an activating group) is 1. The van der Waals surface area contributed by atoms with Crippen LogP contribution in [-0.4, -0.2) is 49.3 Å². The molecule has 9 heteroatoms. The highest BCUT2D eigenvalue weighted by Gasteiger charge is 2.34. The maximum Gasteiger partial charge on any atom is 0.240 e. The summed E-state index contributed by atoms with van der Waals surface area (Å²) < 4.78 is 40.9. The Morgan fingerprint density at radius 2 is 1.43 bits per heavy atom. The molecule has 44 heavy (non-hydrogen) atoms. The van der Waals surface area contributed by atoms with Gasteiger partial charge in [0.1, 0.15) is 0 Å². The first-order chi connectivity index (χ1) is 21.2. The molecule has 232 valence electrons. The lowest BCUT2D eigenvalue weighted by Crippen LogP contribution is -2.43. The molecule has 0 amide bonds. The van der Waals surface area contributed by atoms with Crippen LogP contribution in [-0.2, 0) is 32.6 Å². The van der Waals surface area contributed by atoms with Crippen molar-refractivity contribution in [1.29, 1.82) is 0 Å². The van der Waals surface area contributed by atoms with E-state index in [-0.39, 0.29) is 36.3 Å². The van der Waals surface area contributed by atoms with Crippen LogP contribution in [0, 0.1) is 0 Å². The third kappa shape index (κ3) is 7.99. The van der Waals surface area contributed by atoms with Gasteiger partial charge in [-0.05, 0) is 48.4 Å². The second kappa shape index (κ2) is 14.6. The molecule has 1 aliphatic rings. The summed E-state index contributed by atoms with van der Waals surface area (Å²) in [6.45, 7) is 2.71. The van der Waals surface area contributed by atoms with Crippen molar-refractivity contribution in [3.05, 3.63) is 137 Å². The van der Waals surface area contributed by atoms with Gasteiger partial charge in [-0.3, -0.25) is 4.90 Å². The predicted octanol–water partition coefficient (Wildman–Crippen LogP) is 5.26. The van der Waals surface area contributed by atoms with Gasteiger partial charge in [-0.2, -0.15) is 0 Å². The first-order valence-corrected chi connectivity index (χ1v) is 16.3. The van der Waals surface area contributed by atoms with Gasteiger partial charge in [0.2, 0.25) is 10.0 Å². The minimum Gasteiger partial charge on any atom is -0.392 e. The second-order valence-corrected chi connectivity index (χ2v) is 13.0. The van der Waals surface area contributed by atoms with E-state index in [1.807, 2.05) is 92.8 Å². The highest BCUT2D eigenvalue weighted by Crippen LogP contribution is 2.38. The van der Waals surface area contributed by atoms with Crippen molar-refractivity contribution in [3.8, 4) is 0 Å². The molecule has 5 atom stereocenters. The highest BCUT2D eigenvalue weighted by atomic mass is 32.2. The average molecular weight is 617 g/mol. The number of hydrogen-bond acceptors (Lipinski definition) is 7. The molecule has 0 unspecified atom stereocenters. The van der Waals surface area contributed by atoms with Crippen molar-refractivity contribution >= 4 is 10.0 Å². The quantitative estimate of drug-likeness (QED) is 0.199. The van der Waals surface area contributed by atoms with Crippen LogP contribution in [0.3, 0.4) is 0 Å². The molecular formula is C35H40N2O6S. The zero-order valence-corrected chi connectivity index (χ0v) is 25.8. The van der Waals surface area contributed by atoms with Crippen LogP contribution in [0.4, 0.5) is 0 Å². The third-order valence-corrected chi connectivity index (χ3v) is 9.59. The van der Waals surface area contributed by atoms with Crippen molar-refractivity contribution < 1.29 is 28.1 Å². The maximum atomic E-state index is 12.6. The van der Waals surface area contributed by atoms with Crippen LogP contribution in [0.5, 0.6) is 0 Å². The van der Waals surface area contributed by atoms with E-state index >= 15 is 0 Å². The van der Waals surface area contributed by atoms with Crippen molar-refractivity contribution in [1.82, 2.24) is 9.62 Å². The molecule has 1 heterocycles. The van der Waals surface area contributed by atoms with Crippen molar-refractivity contribution in [2.75, 3.05) is 13.6 Å². The molecule has 1 fully saturated rings. The van der Waals surface area contributed by atoms with Crippen LogP contribution in [0.2, 0.25) is 0 Å². The number of nitrogens with one attached hydrogen (secondary N) is 1. The van der Waals surface area contributed by atoms with Crippen LogP contribution in [0.25, 0.3) is 0 Å². The number of aliphatic hydroxyl groups excluding tert-OH is 2. The zero-order chi connectivity index (χ0) is 31.1. The Morgan fingerprint density at radius 1 is 0.841 bits per heavy atom. The van der Waals surface area contributed by atoms with E-state index in [1.54, 1.807) is 30.3 Å². The van der Waals surface area contributed by atoms with Gasteiger partial charge in [0.15, 0.2) is 6.29 Å².